The molecule has 4 nitrogen and oxygen atoms in total. The maximum absolute atomic E-state index is 10.9. The molecule has 4 N–H and O–H groups in total. The van der Waals surface area contributed by atoms with E-state index in [1.54, 1.807) is 24.3 Å². The average molecular weight is 224 g/mol. The van der Waals surface area contributed by atoms with Crippen LogP contribution >= 0.6 is 12.2 Å². The first-order valence-corrected chi connectivity index (χ1v) is 4.81. The van der Waals surface area contributed by atoms with E-state index in [0.29, 0.717) is 29.3 Å². The molecule has 0 saturated carbocycles. The lowest BCUT2D eigenvalue weighted by Gasteiger charge is -2.05. The van der Waals surface area contributed by atoms with E-state index in [1.807, 2.05) is 0 Å². The van der Waals surface area contributed by atoms with Crippen molar-refractivity contribution in [1.29, 1.82) is 0 Å². The molecule has 1 aromatic rings. The van der Waals surface area contributed by atoms with Crippen molar-refractivity contribution in [3.8, 4) is 5.75 Å². The van der Waals surface area contributed by atoms with Crippen LogP contribution in [0.3, 0.4) is 0 Å². The van der Waals surface area contributed by atoms with E-state index in [1.165, 1.54) is 0 Å². The lowest BCUT2D eigenvalue weighted by atomic mass is 10.2. The van der Waals surface area contributed by atoms with Gasteiger partial charge in [-0.1, -0.05) is 18.3 Å². The van der Waals surface area contributed by atoms with Crippen LogP contribution in [-0.4, -0.2) is 17.5 Å². The largest absolute Gasteiger partial charge is 0.493 e. The highest BCUT2D eigenvalue weighted by Crippen LogP contribution is 2.12. The molecule has 15 heavy (non-hydrogen) atoms. The van der Waals surface area contributed by atoms with Crippen LogP contribution in [0.4, 0.5) is 0 Å². The molecule has 1 rings (SSSR count). The summed E-state index contributed by atoms with van der Waals surface area (Å²) in [5, 5.41) is 0. The lowest BCUT2D eigenvalue weighted by molar-refractivity contribution is 0.1000. The van der Waals surface area contributed by atoms with Gasteiger partial charge in [-0.25, -0.2) is 0 Å². The Balaban J connectivity index is 2.58. The molecule has 80 valence electrons. The topological polar surface area (TPSA) is 78.3 Å². The highest BCUT2D eigenvalue weighted by atomic mass is 32.1. The Morgan fingerprint density at radius 1 is 1.40 bits per heavy atom. The fraction of sp³-hybridized carbons (Fsp3) is 0.200. The lowest BCUT2D eigenvalue weighted by Crippen LogP contribution is -2.13. The Bertz CT molecular complexity index is 379. The van der Waals surface area contributed by atoms with E-state index < -0.39 is 5.91 Å². The number of thiocarbonyl (C=S) groups is 1. The number of benzene rings is 1. The summed E-state index contributed by atoms with van der Waals surface area (Å²) in [5.41, 5.74) is 10.9. The molecule has 0 aliphatic heterocycles. The Morgan fingerprint density at radius 2 is 2.13 bits per heavy atom. The second kappa shape index (κ2) is 5.31. The highest BCUT2D eigenvalue weighted by molar-refractivity contribution is 7.80. The van der Waals surface area contributed by atoms with Crippen molar-refractivity contribution in [2.45, 2.75) is 6.42 Å². The second-order valence-corrected chi connectivity index (χ2v) is 3.48. The number of carbonyl (C=O) groups excluding carboxylic acids is 1. The SMILES string of the molecule is NC(=O)c1cccc(OCCC(N)=S)c1. The molecule has 0 heterocycles. The molecule has 1 amide bonds. The number of primary amides is 1. The van der Waals surface area contributed by atoms with Gasteiger partial charge in [-0.2, -0.15) is 0 Å². The van der Waals surface area contributed by atoms with Gasteiger partial charge in [-0.05, 0) is 18.2 Å². The highest BCUT2D eigenvalue weighted by Gasteiger charge is 2.01. The molecule has 0 aromatic heterocycles. The number of rotatable bonds is 5. The van der Waals surface area contributed by atoms with Crippen molar-refractivity contribution in [2.24, 2.45) is 11.5 Å². The molecule has 0 bridgehead atoms. The zero-order valence-corrected chi connectivity index (χ0v) is 8.92. The van der Waals surface area contributed by atoms with Gasteiger partial charge in [0, 0.05) is 12.0 Å². The fourth-order valence-electron chi connectivity index (χ4n) is 1.01. The third kappa shape index (κ3) is 3.95. The molecule has 0 fully saturated rings. The molecule has 5 heteroatoms. The molecule has 0 spiro atoms. The van der Waals surface area contributed by atoms with Crippen molar-refractivity contribution in [1.82, 2.24) is 0 Å². The number of amides is 1. The normalized spacial score (nSPS) is 9.60. The fourth-order valence-corrected chi connectivity index (χ4v) is 1.09. The van der Waals surface area contributed by atoms with E-state index in [0.717, 1.165) is 0 Å². The predicted molar refractivity (Wildman–Crippen MR) is 61.9 cm³/mol. The van der Waals surface area contributed by atoms with E-state index in [-0.39, 0.29) is 0 Å². The van der Waals surface area contributed by atoms with Gasteiger partial charge in [0.05, 0.1) is 11.6 Å². The van der Waals surface area contributed by atoms with Crippen LogP contribution < -0.4 is 16.2 Å². The number of hydrogen-bond donors (Lipinski definition) is 2. The van der Waals surface area contributed by atoms with Crippen molar-refractivity contribution >= 4 is 23.1 Å². The van der Waals surface area contributed by atoms with E-state index in [2.05, 4.69) is 0 Å². The van der Waals surface area contributed by atoms with Gasteiger partial charge < -0.3 is 16.2 Å². The number of ether oxygens (including phenoxy) is 1. The average Bonchev–Trinajstić information content (AvgIpc) is 2.17. The number of carbonyl (C=O) groups is 1. The molecule has 0 unspecified atom stereocenters. The number of hydrogen-bond acceptors (Lipinski definition) is 3. The van der Waals surface area contributed by atoms with Crippen molar-refractivity contribution in [3.63, 3.8) is 0 Å². The summed E-state index contributed by atoms with van der Waals surface area (Å²) in [6.07, 6.45) is 0.510. The Morgan fingerprint density at radius 3 is 2.73 bits per heavy atom. The first-order chi connectivity index (χ1) is 7.09. The molecule has 0 aliphatic rings. The Labute approximate surface area is 93.2 Å². The summed E-state index contributed by atoms with van der Waals surface area (Å²) in [7, 11) is 0. The van der Waals surface area contributed by atoms with Crippen LogP contribution in [0.2, 0.25) is 0 Å². The minimum Gasteiger partial charge on any atom is -0.493 e. The van der Waals surface area contributed by atoms with Crippen molar-refractivity contribution in [3.05, 3.63) is 29.8 Å². The molecule has 0 saturated heterocycles. The predicted octanol–water partition coefficient (Wildman–Crippen LogP) is 0.840. The van der Waals surface area contributed by atoms with Gasteiger partial charge in [0.1, 0.15) is 5.75 Å². The first-order valence-electron chi connectivity index (χ1n) is 4.40. The van der Waals surface area contributed by atoms with E-state index in [9.17, 15) is 4.79 Å². The first kappa shape index (κ1) is 11.5. The summed E-state index contributed by atoms with van der Waals surface area (Å²) in [4.78, 5) is 11.3. The standard InChI is InChI=1S/C10H12N2O2S/c11-9(15)4-5-14-8-3-1-2-7(6-8)10(12)13/h1-3,6H,4-5H2,(H2,11,15)(H2,12,13). The minimum atomic E-state index is -0.477. The van der Waals surface area contributed by atoms with Gasteiger partial charge in [0.15, 0.2) is 0 Å². The molecular weight excluding hydrogens is 212 g/mol. The third-order valence-electron chi connectivity index (χ3n) is 1.74. The summed E-state index contributed by atoms with van der Waals surface area (Å²) in [6, 6.07) is 6.66. The van der Waals surface area contributed by atoms with E-state index >= 15 is 0 Å². The van der Waals surface area contributed by atoms with Crippen LogP contribution in [0.25, 0.3) is 0 Å². The molecular formula is C10H12N2O2S. The quantitative estimate of drug-likeness (QED) is 0.726. The Hall–Kier alpha value is -1.62. The number of nitrogens with two attached hydrogens (primary N) is 2. The van der Waals surface area contributed by atoms with Crippen LogP contribution in [0.5, 0.6) is 5.75 Å². The molecule has 0 radical (unpaired) electrons. The van der Waals surface area contributed by atoms with Gasteiger partial charge in [-0.15, -0.1) is 0 Å². The van der Waals surface area contributed by atoms with Crippen molar-refractivity contribution < 1.29 is 9.53 Å². The second-order valence-electron chi connectivity index (χ2n) is 2.96. The zero-order valence-electron chi connectivity index (χ0n) is 8.10. The maximum Gasteiger partial charge on any atom is 0.248 e. The van der Waals surface area contributed by atoms with Crippen molar-refractivity contribution in [2.75, 3.05) is 6.61 Å². The van der Waals surface area contributed by atoms with E-state index in [4.69, 9.17) is 28.4 Å². The van der Waals surface area contributed by atoms with Crippen LogP contribution in [0.1, 0.15) is 16.8 Å². The smallest absolute Gasteiger partial charge is 0.248 e. The van der Waals surface area contributed by atoms with Gasteiger partial charge in [0.25, 0.3) is 0 Å². The van der Waals surface area contributed by atoms with Crippen LogP contribution in [0.15, 0.2) is 24.3 Å². The maximum atomic E-state index is 10.9. The van der Waals surface area contributed by atoms with Crippen LogP contribution in [0, 0.1) is 0 Å². The van der Waals surface area contributed by atoms with Crippen LogP contribution in [-0.2, 0) is 0 Å². The summed E-state index contributed by atoms with van der Waals surface area (Å²) >= 11 is 4.70. The summed E-state index contributed by atoms with van der Waals surface area (Å²) < 4.78 is 5.33. The van der Waals surface area contributed by atoms with Gasteiger partial charge >= 0.3 is 0 Å². The monoisotopic (exact) mass is 224 g/mol. The van der Waals surface area contributed by atoms with Gasteiger partial charge in [0.2, 0.25) is 5.91 Å². The zero-order chi connectivity index (χ0) is 11.3. The minimum absolute atomic E-state index is 0.400. The molecule has 0 atom stereocenters. The third-order valence-corrected chi connectivity index (χ3v) is 1.94. The summed E-state index contributed by atoms with van der Waals surface area (Å²) in [5.74, 6) is 0.109. The summed E-state index contributed by atoms with van der Waals surface area (Å²) in [6.45, 7) is 0.400. The van der Waals surface area contributed by atoms with Gasteiger partial charge in [-0.3, -0.25) is 4.79 Å². The molecule has 1 aromatic carbocycles. The molecule has 0 aliphatic carbocycles. The Kier molecular flexibility index (Phi) is 4.05.